The number of unbranched alkanes of at least 4 members (excludes halogenated alkanes) is 7. The highest BCUT2D eigenvalue weighted by atomic mass is 31.1. The van der Waals surface area contributed by atoms with E-state index >= 15 is 0 Å². The molecule has 0 aromatic heterocycles. The van der Waals surface area contributed by atoms with Crippen LogP contribution in [0.15, 0.2) is 54.6 Å². The van der Waals surface area contributed by atoms with Gasteiger partial charge in [-0.25, -0.2) is 0 Å². The molecule has 0 spiro atoms. The molecule has 4 unspecified atom stereocenters. The number of hydrogen-bond acceptors (Lipinski definition) is 3. The highest BCUT2D eigenvalue weighted by Gasteiger charge is 2.30. The molecule has 3 rings (SSSR count). The summed E-state index contributed by atoms with van der Waals surface area (Å²) in [5, 5.41) is 37.6. The van der Waals surface area contributed by atoms with Gasteiger partial charge in [0.25, 0.3) is 0 Å². The summed E-state index contributed by atoms with van der Waals surface area (Å²) in [6, 6.07) is 18.2. The Balaban J connectivity index is 2.07. The second kappa shape index (κ2) is 20.9. The zero-order valence-corrected chi connectivity index (χ0v) is 37.3. The van der Waals surface area contributed by atoms with Crippen molar-refractivity contribution in [3.8, 4) is 17.2 Å². The predicted octanol–water partition coefficient (Wildman–Crippen LogP) is 13.0. The van der Waals surface area contributed by atoms with E-state index in [4.69, 9.17) is 0 Å². The lowest BCUT2D eigenvalue weighted by Crippen LogP contribution is -2.25. The quantitative estimate of drug-likeness (QED) is 0.0665. The van der Waals surface area contributed by atoms with Crippen LogP contribution in [0.25, 0.3) is 0 Å². The van der Waals surface area contributed by atoms with E-state index in [2.05, 4.69) is 87.4 Å². The molecular weight excluding hydrogens is 693 g/mol. The SMILES string of the molecule is CCCCCCCCCCC(C[C](Pc1ccc(O)cc1C(C)(C)CC)Pc1ccc(O)cc1C(C)(C)CC)Pc1ccc(O)cc1C(C)(C)CC. The van der Waals surface area contributed by atoms with Gasteiger partial charge in [-0.1, -0.05) is 165 Å². The minimum Gasteiger partial charge on any atom is -0.508 e. The normalized spacial score (nSPS) is 13.9. The van der Waals surface area contributed by atoms with Gasteiger partial charge in [-0.2, -0.15) is 0 Å². The van der Waals surface area contributed by atoms with Gasteiger partial charge in [-0.3, -0.25) is 0 Å². The fourth-order valence-corrected chi connectivity index (χ4v) is 12.9. The van der Waals surface area contributed by atoms with Crippen LogP contribution in [0.5, 0.6) is 17.2 Å². The summed E-state index contributed by atoms with van der Waals surface area (Å²) in [5.74, 6) is 1.04. The monoisotopic (exact) mass is 765 g/mol. The van der Waals surface area contributed by atoms with E-state index < -0.39 is 0 Å². The first-order valence-electron chi connectivity index (χ1n) is 20.2. The fraction of sp³-hybridized carbons (Fsp3) is 0.587. The van der Waals surface area contributed by atoms with Crippen molar-refractivity contribution in [2.75, 3.05) is 0 Å². The lowest BCUT2D eigenvalue weighted by Gasteiger charge is -2.32. The summed E-state index contributed by atoms with van der Waals surface area (Å²) in [6.07, 6.45) is 15.8. The van der Waals surface area contributed by atoms with Gasteiger partial charge >= 0.3 is 0 Å². The molecule has 3 nitrogen and oxygen atoms in total. The van der Waals surface area contributed by atoms with Crippen molar-refractivity contribution in [2.24, 2.45) is 0 Å². The lowest BCUT2D eigenvalue weighted by atomic mass is 9.82. The molecule has 0 aliphatic carbocycles. The molecule has 1 radical (unpaired) electrons. The van der Waals surface area contributed by atoms with Crippen molar-refractivity contribution in [1.82, 2.24) is 0 Å². The van der Waals surface area contributed by atoms with E-state index in [1.54, 1.807) is 5.40 Å². The number of aromatic hydroxyl groups is 3. The van der Waals surface area contributed by atoms with Crippen LogP contribution < -0.4 is 15.9 Å². The molecule has 52 heavy (non-hydrogen) atoms. The van der Waals surface area contributed by atoms with Crippen LogP contribution >= 0.6 is 25.7 Å². The maximum atomic E-state index is 10.6. The van der Waals surface area contributed by atoms with E-state index in [9.17, 15) is 15.3 Å². The van der Waals surface area contributed by atoms with Gasteiger partial charge < -0.3 is 15.3 Å². The molecule has 0 saturated carbocycles. The molecule has 0 saturated heterocycles. The van der Waals surface area contributed by atoms with Crippen LogP contribution in [-0.4, -0.2) is 21.0 Å². The maximum Gasteiger partial charge on any atom is 0.115 e. The number of rotatable bonds is 23. The van der Waals surface area contributed by atoms with Gasteiger partial charge in [0.1, 0.15) is 17.2 Å². The summed E-state index contributed by atoms with van der Waals surface area (Å²) in [5.41, 5.74) is 4.19. The molecule has 0 bridgehead atoms. The summed E-state index contributed by atoms with van der Waals surface area (Å²) >= 11 is 0. The standard InChI is InChI=1S/C46H72O3P3/c1-11-15-16-17-18-19-20-21-22-36(50-40-26-23-33(47)29-37(40)44(5,6)12-2)32-43(51-41-27-24-34(48)30-38(41)45(7,8)13-3)52-42-28-25-35(49)31-39(42)46(9,10)14-4/h23-31,36,47-52H,11-22,32H2,1-10H3. The van der Waals surface area contributed by atoms with Gasteiger partial charge in [0.2, 0.25) is 0 Å². The molecule has 3 aromatic rings. The molecule has 3 aromatic carbocycles. The first kappa shape index (κ1) is 44.7. The number of phenolic OH excluding ortho intramolecular Hbond substituents is 3. The Morgan fingerprint density at radius 3 is 1.29 bits per heavy atom. The third kappa shape index (κ3) is 13.3. The molecule has 0 fully saturated rings. The Kier molecular flexibility index (Phi) is 18.0. The summed E-state index contributed by atoms with van der Waals surface area (Å²) in [6.45, 7) is 22.8. The molecule has 0 amide bonds. The fourth-order valence-electron chi connectivity index (χ4n) is 6.87. The van der Waals surface area contributed by atoms with E-state index in [1.807, 2.05) is 36.4 Å². The summed E-state index contributed by atoms with van der Waals surface area (Å²) in [4.78, 5) is 0. The minimum absolute atomic E-state index is 0.0144. The van der Waals surface area contributed by atoms with Gasteiger partial charge in [-0.05, 0) is 123 Å². The predicted molar refractivity (Wildman–Crippen MR) is 237 cm³/mol. The molecule has 0 aliphatic rings. The minimum atomic E-state index is -0.0475. The highest BCUT2D eigenvalue weighted by Crippen LogP contribution is 2.51. The Labute approximate surface area is 324 Å². The number of phenols is 3. The Morgan fingerprint density at radius 1 is 0.519 bits per heavy atom. The van der Waals surface area contributed by atoms with E-state index in [0.717, 1.165) is 25.7 Å². The van der Waals surface area contributed by atoms with Gasteiger partial charge in [0.05, 0.1) is 0 Å². The average Bonchev–Trinajstić information content (AvgIpc) is 3.11. The molecule has 4 atom stereocenters. The number of benzene rings is 3. The molecule has 0 aliphatic heterocycles. The van der Waals surface area contributed by atoms with Crippen molar-refractivity contribution < 1.29 is 15.3 Å². The van der Waals surface area contributed by atoms with Crippen LogP contribution in [0.1, 0.15) is 169 Å². The third-order valence-corrected chi connectivity index (χ3v) is 16.5. The van der Waals surface area contributed by atoms with Crippen LogP contribution in [0.4, 0.5) is 0 Å². The summed E-state index contributed by atoms with van der Waals surface area (Å²) < 4.78 is 0. The first-order chi connectivity index (χ1) is 24.6. The van der Waals surface area contributed by atoms with Gasteiger partial charge in [-0.15, -0.1) is 0 Å². The zero-order valence-electron chi connectivity index (χ0n) is 34.3. The van der Waals surface area contributed by atoms with E-state index in [-0.39, 0.29) is 16.2 Å². The Morgan fingerprint density at radius 2 is 0.885 bits per heavy atom. The maximum absolute atomic E-state index is 10.6. The van der Waals surface area contributed by atoms with Crippen LogP contribution in [0.3, 0.4) is 0 Å². The van der Waals surface area contributed by atoms with Crippen LogP contribution in [0.2, 0.25) is 0 Å². The molecule has 3 N–H and O–H groups in total. The van der Waals surface area contributed by atoms with Crippen molar-refractivity contribution in [1.29, 1.82) is 0 Å². The smallest absolute Gasteiger partial charge is 0.115 e. The van der Waals surface area contributed by atoms with Crippen molar-refractivity contribution in [2.45, 2.75) is 175 Å². The van der Waals surface area contributed by atoms with Crippen molar-refractivity contribution in [3.05, 3.63) is 76.7 Å². The van der Waals surface area contributed by atoms with Crippen molar-refractivity contribution >= 4 is 41.7 Å². The van der Waals surface area contributed by atoms with E-state index in [0.29, 0.717) is 48.6 Å². The topological polar surface area (TPSA) is 60.7 Å². The molecular formula is C46H72O3P3. The first-order valence-corrected chi connectivity index (χ1v) is 23.3. The largest absolute Gasteiger partial charge is 0.508 e. The number of hydrogen-bond donors (Lipinski definition) is 3. The third-order valence-electron chi connectivity index (χ3n) is 11.6. The van der Waals surface area contributed by atoms with Gasteiger partial charge in [0, 0.05) is 5.40 Å². The zero-order chi connectivity index (χ0) is 38.5. The Hall–Kier alpha value is -1.65. The van der Waals surface area contributed by atoms with Crippen LogP contribution in [0, 0.1) is 5.40 Å². The summed E-state index contributed by atoms with van der Waals surface area (Å²) in [7, 11) is 1.73. The Bertz CT molecular complexity index is 1460. The van der Waals surface area contributed by atoms with Crippen LogP contribution in [-0.2, 0) is 16.2 Å². The van der Waals surface area contributed by atoms with E-state index in [1.165, 1.54) is 90.4 Å². The second-order valence-corrected chi connectivity index (χ2v) is 21.9. The average molecular weight is 766 g/mol. The van der Waals surface area contributed by atoms with Crippen molar-refractivity contribution in [3.63, 3.8) is 0 Å². The second-order valence-electron chi connectivity index (χ2n) is 16.9. The van der Waals surface area contributed by atoms with Gasteiger partial charge in [0.15, 0.2) is 0 Å². The lowest BCUT2D eigenvalue weighted by molar-refractivity contribution is 0.465. The molecule has 0 heterocycles. The molecule has 289 valence electrons. The highest BCUT2D eigenvalue weighted by molar-refractivity contribution is 7.70. The molecule has 6 heteroatoms.